The highest BCUT2D eigenvalue weighted by atomic mass is 35.5. The number of ketones is 1. The molecule has 3 rings (SSSR count). The van der Waals surface area contributed by atoms with Gasteiger partial charge >= 0.3 is 0 Å². The molecule has 1 aromatic heterocycles. The van der Waals surface area contributed by atoms with Crippen molar-refractivity contribution >= 4 is 28.5 Å². The number of rotatable bonds is 4. The van der Waals surface area contributed by atoms with Crippen molar-refractivity contribution in [2.45, 2.75) is 5.92 Å². The largest absolute Gasteiger partial charge is 0.496 e. The topological polar surface area (TPSA) is 76.1 Å². The monoisotopic (exact) mass is 326 g/mol. The Morgan fingerprint density at radius 1 is 1.35 bits per heavy atom. The van der Waals surface area contributed by atoms with Gasteiger partial charge in [-0.1, -0.05) is 23.7 Å². The Morgan fingerprint density at radius 2 is 2.13 bits per heavy atom. The van der Waals surface area contributed by atoms with Gasteiger partial charge in [0.25, 0.3) is 0 Å². The Morgan fingerprint density at radius 3 is 2.83 bits per heavy atom. The summed E-state index contributed by atoms with van der Waals surface area (Å²) in [5.41, 5.74) is 1.38. The van der Waals surface area contributed by atoms with Crippen molar-refractivity contribution in [1.82, 2.24) is 4.98 Å². The number of hydrogen-bond acceptors (Lipinski definition) is 5. The van der Waals surface area contributed by atoms with Crippen molar-refractivity contribution in [2.75, 3.05) is 7.11 Å². The number of fused-ring (bicyclic) bond motifs is 1. The number of carbonyl (C=O) groups is 1. The summed E-state index contributed by atoms with van der Waals surface area (Å²) in [7, 11) is 1.43. The summed E-state index contributed by atoms with van der Waals surface area (Å²) in [5.74, 6) is -1.24. The molecule has 5 nitrogen and oxygen atoms in total. The first-order chi connectivity index (χ1) is 11.1. The summed E-state index contributed by atoms with van der Waals surface area (Å²) in [4.78, 5) is 16.9. The third-order valence-electron chi connectivity index (χ3n) is 3.38. The Kier molecular flexibility index (Phi) is 4.00. The van der Waals surface area contributed by atoms with E-state index in [2.05, 4.69) is 4.98 Å². The molecule has 0 amide bonds. The Labute approximate surface area is 137 Å². The predicted octanol–water partition coefficient (Wildman–Crippen LogP) is 3.98. The molecular weight excluding hydrogens is 316 g/mol. The third-order valence-corrected chi connectivity index (χ3v) is 3.61. The first kappa shape index (κ1) is 15.1. The second-order valence-electron chi connectivity index (χ2n) is 4.79. The number of hydrogen-bond donors (Lipinski definition) is 0. The van der Waals surface area contributed by atoms with E-state index in [1.807, 2.05) is 6.07 Å². The molecular formula is C17H11ClN2O3. The van der Waals surface area contributed by atoms with Crippen LogP contribution in [0, 0.1) is 11.3 Å². The average molecular weight is 327 g/mol. The van der Waals surface area contributed by atoms with Gasteiger partial charge in [-0.15, -0.1) is 0 Å². The van der Waals surface area contributed by atoms with E-state index in [9.17, 15) is 10.1 Å². The maximum atomic E-state index is 12.7. The number of nitrogens with zero attached hydrogens (tertiary/aromatic N) is 2. The van der Waals surface area contributed by atoms with E-state index < -0.39 is 11.7 Å². The quantitative estimate of drug-likeness (QED) is 0.678. The van der Waals surface area contributed by atoms with Crippen LogP contribution in [0.1, 0.15) is 22.2 Å². The lowest BCUT2D eigenvalue weighted by atomic mass is 9.98. The van der Waals surface area contributed by atoms with Gasteiger partial charge in [0.1, 0.15) is 11.3 Å². The predicted molar refractivity (Wildman–Crippen MR) is 84.7 cm³/mol. The number of oxazole rings is 1. The molecule has 0 aliphatic rings. The van der Waals surface area contributed by atoms with Gasteiger partial charge in [-0.3, -0.25) is 4.79 Å². The van der Waals surface area contributed by atoms with Crippen LogP contribution in [0.2, 0.25) is 5.02 Å². The van der Waals surface area contributed by atoms with Gasteiger partial charge in [0.05, 0.1) is 18.7 Å². The highest BCUT2D eigenvalue weighted by molar-refractivity contribution is 6.31. The van der Waals surface area contributed by atoms with Gasteiger partial charge in [-0.2, -0.15) is 5.26 Å². The lowest BCUT2D eigenvalue weighted by Gasteiger charge is -2.09. The number of aromatic nitrogens is 1. The second kappa shape index (κ2) is 6.11. The highest BCUT2D eigenvalue weighted by Crippen LogP contribution is 2.29. The fraction of sp³-hybridized carbons (Fsp3) is 0.118. The second-order valence-corrected chi connectivity index (χ2v) is 5.23. The number of Topliss-reactive ketones (excluding diaryl/α,β-unsaturated/α-hetero) is 1. The number of ether oxygens (including phenoxy) is 1. The molecule has 0 fully saturated rings. The third kappa shape index (κ3) is 2.77. The van der Waals surface area contributed by atoms with Crippen molar-refractivity contribution in [2.24, 2.45) is 0 Å². The number of benzene rings is 2. The molecule has 23 heavy (non-hydrogen) atoms. The maximum Gasteiger partial charge on any atom is 0.220 e. The van der Waals surface area contributed by atoms with E-state index in [0.29, 0.717) is 21.9 Å². The average Bonchev–Trinajstić information content (AvgIpc) is 2.98. The molecule has 0 radical (unpaired) electrons. The van der Waals surface area contributed by atoms with E-state index in [4.69, 9.17) is 20.8 Å². The lowest BCUT2D eigenvalue weighted by Crippen LogP contribution is -2.12. The standard InChI is InChI=1S/C17H11ClN2O3/c1-22-15-8-10(18)6-7-11(15)16(21)12(9-19)17-20-13-4-2-3-5-14(13)23-17/h2-8,12H,1H3. The molecule has 0 saturated carbocycles. The van der Waals surface area contributed by atoms with Gasteiger partial charge in [0.2, 0.25) is 5.89 Å². The molecule has 0 aliphatic heterocycles. The number of para-hydroxylation sites is 2. The van der Waals surface area contributed by atoms with Crippen molar-refractivity contribution in [3.8, 4) is 11.8 Å². The van der Waals surface area contributed by atoms with Crippen LogP contribution in [-0.2, 0) is 0 Å². The van der Waals surface area contributed by atoms with E-state index in [0.717, 1.165) is 0 Å². The minimum atomic E-state index is -1.16. The molecule has 1 atom stereocenters. The van der Waals surface area contributed by atoms with Crippen molar-refractivity contribution in [3.63, 3.8) is 0 Å². The van der Waals surface area contributed by atoms with Crippen LogP contribution in [0.4, 0.5) is 0 Å². The van der Waals surface area contributed by atoms with Crippen LogP contribution in [0.3, 0.4) is 0 Å². The van der Waals surface area contributed by atoms with Crippen LogP contribution in [-0.4, -0.2) is 17.9 Å². The molecule has 3 aromatic rings. The molecule has 0 aliphatic carbocycles. The van der Waals surface area contributed by atoms with Gasteiger partial charge in [0, 0.05) is 5.02 Å². The van der Waals surface area contributed by atoms with E-state index in [1.54, 1.807) is 30.3 Å². The smallest absolute Gasteiger partial charge is 0.220 e. The first-order valence-corrected chi connectivity index (χ1v) is 7.14. The fourth-order valence-corrected chi connectivity index (χ4v) is 2.43. The SMILES string of the molecule is COc1cc(Cl)ccc1C(=O)C(C#N)c1nc2ccccc2o1. The van der Waals surface area contributed by atoms with Gasteiger partial charge in [0.15, 0.2) is 17.3 Å². The summed E-state index contributed by atoms with van der Waals surface area (Å²) in [6.45, 7) is 0. The number of carbonyl (C=O) groups excluding carboxylic acids is 1. The summed E-state index contributed by atoms with van der Waals surface area (Å²) in [5, 5.41) is 9.86. The summed E-state index contributed by atoms with van der Waals surface area (Å²) >= 11 is 5.90. The van der Waals surface area contributed by atoms with Crippen molar-refractivity contribution < 1.29 is 13.9 Å². The van der Waals surface area contributed by atoms with Gasteiger partial charge in [-0.05, 0) is 30.3 Å². The zero-order valence-electron chi connectivity index (χ0n) is 12.1. The zero-order chi connectivity index (χ0) is 16.4. The molecule has 6 heteroatoms. The fourth-order valence-electron chi connectivity index (χ4n) is 2.26. The maximum absolute atomic E-state index is 12.7. The van der Waals surface area contributed by atoms with Crippen molar-refractivity contribution in [1.29, 1.82) is 5.26 Å². The van der Waals surface area contributed by atoms with Crippen LogP contribution in [0.25, 0.3) is 11.1 Å². The molecule has 114 valence electrons. The van der Waals surface area contributed by atoms with E-state index in [-0.39, 0.29) is 11.5 Å². The summed E-state index contributed by atoms with van der Waals surface area (Å²) in [6.07, 6.45) is 0. The Bertz CT molecular complexity index is 894. The van der Waals surface area contributed by atoms with Crippen LogP contribution >= 0.6 is 11.6 Å². The van der Waals surface area contributed by atoms with E-state index in [1.165, 1.54) is 19.2 Å². The zero-order valence-corrected chi connectivity index (χ0v) is 12.9. The molecule has 0 N–H and O–H groups in total. The van der Waals surface area contributed by atoms with E-state index >= 15 is 0 Å². The number of halogens is 1. The highest BCUT2D eigenvalue weighted by Gasteiger charge is 2.29. The van der Waals surface area contributed by atoms with Crippen LogP contribution < -0.4 is 4.74 Å². The normalized spacial score (nSPS) is 11.9. The summed E-state index contributed by atoms with van der Waals surface area (Å²) < 4.78 is 10.7. The molecule has 0 saturated heterocycles. The molecule has 1 heterocycles. The minimum Gasteiger partial charge on any atom is -0.496 e. The van der Waals surface area contributed by atoms with Crippen LogP contribution in [0.15, 0.2) is 46.9 Å². The molecule has 2 aromatic carbocycles. The minimum absolute atomic E-state index is 0.0655. The van der Waals surface area contributed by atoms with Gasteiger partial charge < -0.3 is 9.15 Å². The molecule has 0 bridgehead atoms. The first-order valence-electron chi connectivity index (χ1n) is 6.77. The Hall–Kier alpha value is -2.84. The number of nitriles is 1. The Balaban J connectivity index is 2.04. The van der Waals surface area contributed by atoms with Gasteiger partial charge in [-0.25, -0.2) is 4.98 Å². The molecule has 0 spiro atoms. The number of methoxy groups -OCH3 is 1. The van der Waals surface area contributed by atoms with Crippen molar-refractivity contribution in [3.05, 3.63) is 58.9 Å². The summed E-state index contributed by atoms with van der Waals surface area (Å²) in [6, 6.07) is 13.6. The lowest BCUT2D eigenvalue weighted by molar-refractivity contribution is 0.0967. The molecule has 1 unspecified atom stereocenters. The van der Waals surface area contributed by atoms with Crippen LogP contribution in [0.5, 0.6) is 5.75 Å².